The minimum Gasteiger partial charge on any atom is -0.453 e. The molecular formula is C35H34Cl3NO8. The number of ether oxygens (including phenoxy) is 5. The number of carbonyl (C=O) groups is 3. The van der Waals surface area contributed by atoms with E-state index in [2.05, 4.69) is 5.32 Å². The molecule has 2 aliphatic carbocycles. The van der Waals surface area contributed by atoms with Crippen molar-refractivity contribution in [2.24, 2.45) is 0 Å². The predicted molar refractivity (Wildman–Crippen MR) is 175 cm³/mol. The van der Waals surface area contributed by atoms with Crippen LogP contribution in [-0.2, 0) is 23.7 Å². The zero-order valence-corrected chi connectivity index (χ0v) is 27.5. The number of rotatable bonds is 8. The van der Waals surface area contributed by atoms with Crippen LogP contribution in [0.1, 0.15) is 63.2 Å². The lowest BCUT2D eigenvalue weighted by atomic mass is 9.81. The van der Waals surface area contributed by atoms with E-state index in [0.29, 0.717) is 0 Å². The Hall–Kier alpha value is -3.18. The van der Waals surface area contributed by atoms with Crippen LogP contribution in [0.2, 0.25) is 0 Å². The Kier molecular flexibility index (Phi) is 10.7. The molecule has 1 saturated heterocycles. The summed E-state index contributed by atoms with van der Waals surface area (Å²) in [6, 6.07) is 24.3. The summed E-state index contributed by atoms with van der Waals surface area (Å²) in [5.41, 5.74) is 0.768. The standard InChI is InChI=1S/C35H34Cl3NO8/c36-35(37,38)34-46-27-25(39-24-19-11-4-12-20-24)26(43-31(40)21-13-5-1-6-14-21)28(44-32(41)22-15-7-2-8-16-22)30(29(27)47-34)45-33(42)23-17-9-3-10-18-23/h1-3,5-10,13-18,24-30,34,39H,4,11-12,19-20H2/t25-,26-,27+,28+,29+,30+,34?/m0/s1. The number of carbonyl (C=O) groups excluding carboxylic acids is 3. The molecule has 1 heterocycles. The second kappa shape index (κ2) is 14.9. The third kappa shape index (κ3) is 7.94. The summed E-state index contributed by atoms with van der Waals surface area (Å²) in [5.74, 6) is -2.11. The van der Waals surface area contributed by atoms with Crippen molar-refractivity contribution >= 4 is 52.7 Å². The van der Waals surface area contributed by atoms with E-state index in [0.717, 1.165) is 32.1 Å². The van der Waals surface area contributed by atoms with Crippen molar-refractivity contribution in [2.75, 3.05) is 0 Å². The number of halogens is 3. The first kappa shape index (κ1) is 33.7. The van der Waals surface area contributed by atoms with Gasteiger partial charge in [0.25, 0.3) is 0 Å². The Balaban J connectivity index is 1.44. The molecule has 0 spiro atoms. The molecule has 2 saturated carbocycles. The molecular weight excluding hydrogens is 669 g/mol. The van der Waals surface area contributed by atoms with E-state index in [-0.39, 0.29) is 22.7 Å². The van der Waals surface area contributed by atoms with Gasteiger partial charge >= 0.3 is 17.9 Å². The van der Waals surface area contributed by atoms with E-state index in [1.165, 1.54) is 0 Å². The summed E-state index contributed by atoms with van der Waals surface area (Å²) >= 11 is 18.8. The quantitative estimate of drug-likeness (QED) is 0.161. The largest absolute Gasteiger partial charge is 0.453 e. The fraction of sp³-hybridized carbons (Fsp3) is 0.400. The van der Waals surface area contributed by atoms with Gasteiger partial charge in [-0.2, -0.15) is 0 Å². The van der Waals surface area contributed by atoms with Crippen molar-refractivity contribution in [3.8, 4) is 0 Å². The lowest BCUT2D eigenvalue weighted by molar-refractivity contribution is -0.166. The molecule has 3 aromatic carbocycles. The van der Waals surface area contributed by atoms with E-state index in [1.54, 1.807) is 91.0 Å². The van der Waals surface area contributed by atoms with E-state index in [4.69, 9.17) is 58.5 Å². The van der Waals surface area contributed by atoms with Gasteiger partial charge in [-0.05, 0) is 49.2 Å². The molecule has 0 bridgehead atoms. The molecule has 248 valence electrons. The Labute approximate surface area is 287 Å². The van der Waals surface area contributed by atoms with E-state index < -0.39 is 64.6 Å². The summed E-state index contributed by atoms with van der Waals surface area (Å²) in [7, 11) is 0. The Morgan fingerprint density at radius 3 is 1.49 bits per heavy atom. The van der Waals surface area contributed by atoms with Crippen molar-refractivity contribution in [3.63, 3.8) is 0 Å². The summed E-state index contributed by atoms with van der Waals surface area (Å²) in [5, 5.41) is 3.61. The number of alkyl halides is 3. The molecule has 1 unspecified atom stereocenters. The first-order chi connectivity index (χ1) is 22.7. The monoisotopic (exact) mass is 701 g/mol. The molecule has 3 fully saturated rings. The minimum atomic E-state index is -2.02. The highest BCUT2D eigenvalue weighted by atomic mass is 35.6. The molecule has 3 aromatic rings. The third-order valence-electron chi connectivity index (χ3n) is 8.62. The van der Waals surface area contributed by atoms with Crippen molar-refractivity contribution in [2.45, 2.75) is 84.8 Å². The third-order valence-corrected chi connectivity index (χ3v) is 9.16. The SMILES string of the molecule is O=C(O[C@H]1[C@@H]2OC(C(Cl)(Cl)Cl)O[C@@H]2[C@@H](NC2CCCCC2)[C@H](OC(=O)c2ccccc2)[C@H]1OC(=O)c1ccccc1)c1ccccc1. The van der Waals surface area contributed by atoms with E-state index >= 15 is 0 Å². The molecule has 3 aliphatic rings. The van der Waals surface area contributed by atoms with Crippen LogP contribution in [0.25, 0.3) is 0 Å². The lowest BCUT2D eigenvalue weighted by Gasteiger charge is -2.47. The molecule has 0 amide bonds. The number of fused-ring (bicyclic) bond motifs is 1. The van der Waals surface area contributed by atoms with E-state index in [9.17, 15) is 14.4 Å². The van der Waals surface area contributed by atoms with Gasteiger partial charge in [-0.3, -0.25) is 0 Å². The summed E-state index contributed by atoms with van der Waals surface area (Å²) in [6.45, 7) is 0. The Morgan fingerprint density at radius 2 is 1.02 bits per heavy atom. The highest BCUT2D eigenvalue weighted by Crippen LogP contribution is 2.45. The van der Waals surface area contributed by atoms with Crippen molar-refractivity contribution in [1.82, 2.24) is 5.32 Å². The van der Waals surface area contributed by atoms with Gasteiger partial charge in [0, 0.05) is 6.04 Å². The molecule has 12 heteroatoms. The molecule has 0 radical (unpaired) electrons. The predicted octanol–water partition coefficient (Wildman–Crippen LogP) is 6.45. The number of hydrogen-bond acceptors (Lipinski definition) is 9. The zero-order chi connectivity index (χ0) is 33.0. The number of nitrogens with one attached hydrogen (secondary N) is 1. The minimum absolute atomic E-state index is 0.0247. The van der Waals surface area contributed by atoms with Gasteiger partial charge in [0.1, 0.15) is 12.2 Å². The van der Waals surface area contributed by atoms with Crippen LogP contribution in [0.5, 0.6) is 0 Å². The van der Waals surface area contributed by atoms with Crippen LogP contribution >= 0.6 is 34.8 Å². The highest BCUT2D eigenvalue weighted by molar-refractivity contribution is 6.68. The van der Waals surface area contributed by atoms with Gasteiger partial charge in [-0.1, -0.05) is 109 Å². The van der Waals surface area contributed by atoms with Crippen LogP contribution in [0.15, 0.2) is 91.0 Å². The number of esters is 3. The zero-order valence-electron chi connectivity index (χ0n) is 25.2. The highest BCUT2D eigenvalue weighted by Gasteiger charge is 2.63. The summed E-state index contributed by atoms with van der Waals surface area (Å²) < 4.78 is 28.9. The van der Waals surface area contributed by atoms with Gasteiger partial charge in [-0.25, -0.2) is 14.4 Å². The van der Waals surface area contributed by atoms with Crippen molar-refractivity contribution in [3.05, 3.63) is 108 Å². The summed E-state index contributed by atoms with van der Waals surface area (Å²) in [4.78, 5) is 40.9. The van der Waals surface area contributed by atoms with Crippen LogP contribution in [0, 0.1) is 0 Å². The van der Waals surface area contributed by atoms with Gasteiger partial charge in [0.2, 0.25) is 10.1 Å². The molecule has 7 atom stereocenters. The maximum absolute atomic E-state index is 13.7. The fourth-order valence-electron chi connectivity index (χ4n) is 6.38. The van der Waals surface area contributed by atoms with Gasteiger partial charge in [0.05, 0.1) is 22.7 Å². The normalized spacial score (nSPS) is 27.8. The average Bonchev–Trinajstić information content (AvgIpc) is 3.56. The summed E-state index contributed by atoms with van der Waals surface area (Å²) in [6.07, 6.45) is -2.46. The maximum atomic E-state index is 13.7. The molecule has 6 rings (SSSR count). The topological polar surface area (TPSA) is 109 Å². The molecule has 9 nitrogen and oxygen atoms in total. The van der Waals surface area contributed by atoms with E-state index in [1.807, 2.05) is 0 Å². The molecule has 0 aromatic heterocycles. The maximum Gasteiger partial charge on any atom is 0.338 e. The smallest absolute Gasteiger partial charge is 0.338 e. The second-order valence-corrected chi connectivity index (χ2v) is 14.2. The number of benzene rings is 3. The first-order valence-corrected chi connectivity index (χ1v) is 16.7. The van der Waals surface area contributed by atoms with Gasteiger partial charge in [-0.15, -0.1) is 0 Å². The van der Waals surface area contributed by atoms with Gasteiger partial charge in [0.15, 0.2) is 18.3 Å². The van der Waals surface area contributed by atoms with Crippen LogP contribution in [-0.4, -0.2) is 70.6 Å². The van der Waals surface area contributed by atoms with Crippen LogP contribution in [0.3, 0.4) is 0 Å². The average molecular weight is 703 g/mol. The van der Waals surface area contributed by atoms with Crippen LogP contribution < -0.4 is 5.32 Å². The molecule has 1 N–H and O–H groups in total. The fourth-order valence-corrected chi connectivity index (χ4v) is 6.69. The van der Waals surface area contributed by atoms with Crippen LogP contribution in [0.4, 0.5) is 0 Å². The number of hydrogen-bond donors (Lipinski definition) is 1. The van der Waals surface area contributed by atoms with Gasteiger partial charge < -0.3 is 29.0 Å². The second-order valence-electron chi connectivity index (χ2n) is 11.8. The first-order valence-electron chi connectivity index (χ1n) is 15.6. The molecule has 1 aliphatic heterocycles. The molecule has 47 heavy (non-hydrogen) atoms. The van der Waals surface area contributed by atoms with Crippen molar-refractivity contribution < 1.29 is 38.1 Å². The Bertz CT molecular complexity index is 1520. The lowest BCUT2D eigenvalue weighted by Crippen LogP contribution is -2.70. The Morgan fingerprint density at radius 1 is 0.596 bits per heavy atom. The van der Waals surface area contributed by atoms with Crippen molar-refractivity contribution in [1.29, 1.82) is 0 Å².